The first-order valence-corrected chi connectivity index (χ1v) is 8.13. The molecule has 1 fully saturated rings. The Morgan fingerprint density at radius 1 is 1.23 bits per heavy atom. The minimum absolute atomic E-state index is 0.0250. The maximum atomic E-state index is 12.6. The van der Waals surface area contributed by atoms with Gasteiger partial charge in [-0.3, -0.25) is 4.79 Å². The van der Waals surface area contributed by atoms with Crippen molar-refractivity contribution in [3.8, 4) is 0 Å². The molecule has 2 heterocycles. The lowest BCUT2D eigenvalue weighted by Crippen LogP contribution is -2.41. The van der Waals surface area contributed by atoms with Crippen LogP contribution < -0.4 is 4.90 Å². The van der Waals surface area contributed by atoms with Crippen molar-refractivity contribution in [3.05, 3.63) is 17.6 Å². The molecule has 0 unspecified atom stereocenters. The SMILES string of the molecule is CCCN(CCC)c1cc(C(=O)N2CCOCC2)nc(C)n1. The fourth-order valence-corrected chi connectivity index (χ4v) is 2.63. The van der Waals surface area contributed by atoms with Gasteiger partial charge in [0.05, 0.1) is 13.2 Å². The molecule has 0 atom stereocenters. The summed E-state index contributed by atoms with van der Waals surface area (Å²) in [5.41, 5.74) is 0.488. The highest BCUT2D eigenvalue weighted by atomic mass is 16.5. The van der Waals surface area contributed by atoms with E-state index in [-0.39, 0.29) is 5.91 Å². The van der Waals surface area contributed by atoms with Crippen LogP contribution in [0.3, 0.4) is 0 Å². The summed E-state index contributed by atoms with van der Waals surface area (Å²) >= 11 is 0. The van der Waals surface area contributed by atoms with E-state index in [1.165, 1.54) is 0 Å². The first-order chi connectivity index (χ1) is 10.7. The second-order valence-electron chi connectivity index (χ2n) is 5.55. The van der Waals surface area contributed by atoms with Crippen LogP contribution in [0.2, 0.25) is 0 Å². The normalized spacial score (nSPS) is 15.0. The van der Waals surface area contributed by atoms with Crippen LogP contribution in [-0.2, 0) is 4.74 Å². The molecule has 1 aliphatic heterocycles. The second kappa shape index (κ2) is 8.08. The van der Waals surface area contributed by atoms with Gasteiger partial charge in [-0.2, -0.15) is 0 Å². The molecule has 0 aromatic carbocycles. The number of carbonyl (C=O) groups excluding carboxylic acids is 1. The van der Waals surface area contributed by atoms with Gasteiger partial charge in [-0.05, 0) is 19.8 Å². The molecular weight excluding hydrogens is 280 g/mol. The third-order valence-corrected chi connectivity index (χ3v) is 3.65. The highest BCUT2D eigenvalue weighted by molar-refractivity contribution is 5.93. The minimum atomic E-state index is -0.0250. The second-order valence-corrected chi connectivity index (χ2v) is 5.55. The van der Waals surface area contributed by atoms with Gasteiger partial charge in [-0.1, -0.05) is 13.8 Å². The van der Waals surface area contributed by atoms with E-state index in [1.807, 2.05) is 13.0 Å². The minimum Gasteiger partial charge on any atom is -0.378 e. The summed E-state index contributed by atoms with van der Waals surface area (Å²) in [6, 6.07) is 1.83. The molecule has 1 aromatic rings. The van der Waals surface area contributed by atoms with Gasteiger partial charge >= 0.3 is 0 Å². The van der Waals surface area contributed by atoms with Gasteiger partial charge in [0, 0.05) is 32.2 Å². The van der Waals surface area contributed by atoms with Crippen LogP contribution in [0.1, 0.15) is 43.0 Å². The zero-order valence-electron chi connectivity index (χ0n) is 13.8. The molecule has 2 rings (SSSR count). The quantitative estimate of drug-likeness (QED) is 0.803. The number of rotatable bonds is 6. The third kappa shape index (κ3) is 4.16. The standard InChI is InChI=1S/C16H26N4O2/c1-4-6-19(7-5-2)15-12-14(17-13(3)18-15)16(21)20-8-10-22-11-9-20/h12H,4-11H2,1-3H3. The molecule has 1 aliphatic rings. The van der Waals surface area contributed by atoms with Crippen molar-refractivity contribution in [3.63, 3.8) is 0 Å². The van der Waals surface area contributed by atoms with Crippen LogP contribution >= 0.6 is 0 Å². The number of morpholine rings is 1. The Bertz CT molecular complexity index is 495. The van der Waals surface area contributed by atoms with Crippen molar-refractivity contribution in [2.75, 3.05) is 44.3 Å². The van der Waals surface area contributed by atoms with Crippen molar-refractivity contribution in [1.29, 1.82) is 0 Å². The van der Waals surface area contributed by atoms with E-state index in [1.54, 1.807) is 4.90 Å². The molecule has 1 aromatic heterocycles. The van der Waals surface area contributed by atoms with E-state index in [9.17, 15) is 4.79 Å². The van der Waals surface area contributed by atoms with Crippen molar-refractivity contribution in [1.82, 2.24) is 14.9 Å². The van der Waals surface area contributed by atoms with Crippen molar-refractivity contribution >= 4 is 11.7 Å². The fourth-order valence-electron chi connectivity index (χ4n) is 2.63. The summed E-state index contributed by atoms with van der Waals surface area (Å²) in [6.07, 6.45) is 2.10. The van der Waals surface area contributed by atoms with E-state index < -0.39 is 0 Å². The van der Waals surface area contributed by atoms with Crippen LogP contribution in [0, 0.1) is 6.92 Å². The van der Waals surface area contributed by atoms with Gasteiger partial charge in [0.2, 0.25) is 0 Å². The highest BCUT2D eigenvalue weighted by Gasteiger charge is 2.21. The number of hydrogen-bond donors (Lipinski definition) is 0. The summed E-state index contributed by atoms with van der Waals surface area (Å²) in [5, 5.41) is 0. The lowest BCUT2D eigenvalue weighted by atomic mass is 10.2. The van der Waals surface area contributed by atoms with Crippen LogP contribution in [0.25, 0.3) is 0 Å². The lowest BCUT2D eigenvalue weighted by molar-refractivity contribution is 0.0299. The van der Waals surface area contributed by atoms with E-state index in [0.29, 0.717) is 37.8 Å². The molecule has 0 aliphatic carbocycles. The summed E-state index contributed by atoms with van der Waals surface area (Å²) in [4.78, 5) is 25.5. The Balaban J connectivity index is 2.22. The Labute approximate surface area is 132 Å². The summed E-state index contributed by atoms with van der Waals surface area (Å²) < 4.78 is 5.30. The maximum Gasteiger partial charge on any atom is 0.272 e. The van der Waals surface area contributed by atoms with Gasteiger partial charge in [0.15, 0.2) is 0 Å². The number of hydrogen-bond acceptors (Lipinski definition) is 5. The summed E-state index contributed by atoms with van der Waals surface area (Å²) in [6.45, 7) is 10.5. The molecule has 1 saturated heterocycles. The van der Waals surface area contributed by atoms with Gasteiger partial charge in [-0.15, -0.1) is 0 Å². The molecule has 0 N–H and O–H groups in total. The Morgan fingerprint density at radius 3 is 2.45 bits per heavy atom. The summed E-state index contributed by atoms with van der Waals surface area (Å²) in [7, 11) is 0. The number of amides is 1. The molecule has 0 bridgehead atoms. The largest absolute Gasteiger partial charge is 0.378 e. The van der Waals surface area contributed by atoms with Gasteiger partial charge in [0.1, 0.15) is 17.3 Å². The number of carbonyl (C=O) groups is 1. The van der Waals surface area contributed by atoms with Crippen molar-refractivity contribution < 1.29 is 9.53 Å². The van der Waals surface area contributed by atoms with Crippen molar-refractivity contribution in [2.24, 2.45) is 0 Å². The van der Waals surface area contributed by atoms with Crippen LogP contribution in [0.5, 0.6) is 0 Å². The summed E-state index contributed by atoms with van der Waals surface area (Å²) in [5.74, 6) is 1.47. The maximum absolute atomic E-state index is 12.6. The predicted octanol–water partition coefficient (Wildman–Crippen LogP) is 1.88. The Hall–Kier alpha value is -1.69. The average Bonchev–Trinajstić information content (AvgIpc) is 2.54. The molecule has 6 nitrogen and oxygen atoms in total. The Morgan fingerprint density at radius 2 is 1.86 bits per heavy atom. The number of aryl methyl sites for hydroxylation is 1. The van der Waals surface area contributed by atoms with Gasteiger partial charge in [0.25, 0.3) is 5.91 Å². The molecule has 0 radical (unpaired) electrons. The van der Waals surface area contributed by atoms with E-state index in [0.717, 1.165) is 31.7 Å². The topological polar surface area (TPSA) is 58.6 Å². The first kappa shape index (κ1) is 16.7. The van der Waals surface area contributed by atoms with Crippen molar-refractivity contribution in [2.45, 2.75) is 33.6 Å². The number of ether oxygens (including phenoxy) is 1. The molecule has 0 saturated carbocycles. The molecule has 6 heteroatoms. The number of nitrogens with zero attached hydrogens (tertiary/aromatic N) is 4. The molecule has 0 spiro atoms. The Kier molecular flexibility index (Phi) is 6.12. The lowest BCUT2D eigenvalue weighted by Gasteiger charge is -2.27. The molecule has 122 valence electrons. The van der Waals surface area contributed by atoms with E-state index in [4.69, 9.17) is 4.74 Å². The van der Waals surface area contributed by atoms with E-state index in [2.05, 4.69) is 28.7 Å². The zero-order chi connectivity index (χ0) is 15.9. The fraction of sp³-hybridized carbons (Fsp3) is 0.688. The number of anilines is 1. The van der Waals surface area contributed by atoms with Crippen LogP contribution in [0.4, 0.5) is 5.82 Å². The first-order valence-electron chi connectivity index (χ1n) is 8.13. The molecular formula is C16H26N4O2. The van der Waals surface area contributed by atoms with Crippen LogP contribution in [0.15, 0.2) is 6.07 Å². The zero-order valence-corrected chi connectivity index (χ0v) is 13.8. The smallest absolute Gasteiger partial charge is 0.272 e. The third-order valence-electron chi connectivity index (χ3n) is 3.65. The monoisotopic (exact) mass is 306 g/mol. The van der Waals surface area contributed by atoms with Crippen LogP contribution in [-0.4, -0.2) is 60.2 Å². The molecule has 22 heavy (non-hydrogen) atoms. The van der Waals surface area contributed by atoms with E-state index >= 15 is 0 Å². The average molecular weight is 306 g/mol. The van der Waals surface area contributed by atoms with Gasteiger partial charge in [-0.25, -0.2) is 9.97 Å². The highest BCUT2D eigenvalue weighted by Crippen LogP contribution is 2.16. The van der Waals surface area contributed by atoms with Gasteiger partial charge < -0.3 is 14.5 Å². The number of aromatic nitrogens is 2. The molecule has 1 amide bonds. The predicted molar refractivity (Wildman–Crippen MR) is 86.3 cm³/mol.